The van der Waals surface area contributed by atoms with E-state index in [0.29, 0.717) is 30.0 Å². The number of aliphatic carboxylic acids is 1. The molecule has 1 aromatic heterocycles. The van der Waals surface area contributed by atoms with E-state index in [-0.39, 0.29) is 18.4 Å². The van der Waals surface area contributed by atoms with E-state index in [4.69, 9.17) is 5.11 Å². The third-order valence-electron chi connectivity index (χ3n) is 4.82. The minimum atomic E-state index is -0.824. The molecule has 0 saturated carbocycles. The van der Waals surface area contributed by atoms with Gasteiger partial charge >= 0.3 is 5.97 Å². The van der Waals surface area contributed by atoms with Gasteiger partial charge in [-0.15, -0.1) is 0 Å². The van der Waals surface area contributed by atoms with Gasteiger partial charge < -0.3 is 10.0 Å². The molecule has 1 aromatic carbocycles. The zero-order valence-corrected chi connectivity index (χ0v) is 14.9. The lowest BCUT2D eigenvalue weighted by Gasteiger charge is -2.35. The summed E-state index contributed by atoms with van der Waals surface area (Å²) in [6.45, 7) is 2.47. The molecule has 1 fully saturated rings. The summed E-state index contributed by atoms with van der Waals surface area (Å²) in [5.41, 5.74) is 2.05. The Kier molecular flexibility index (Phi) is 5.61. The van der Waals surface area contributed by atoms with Crippen LogP contribution in [-0.4, -0.2) is 44.4 Å². The molecule has 1 aliphatic rings. The van der Waals surface area contributed by atoms with E-state index in [1.807, 2.05) is 37.3 Å². The molecular weight excluding hydrogens is 330 g/mol. The van der Waals surface area contributed by atoms with Crippen LogP contribution in [0.5, 0.6) is 0 Å². The van der Waals surface area contributed by atoms with Gasteiger partial charge in [-0.1, -0.05) is 30.3 Å². The quantitative estimate of drug-likeness (QED) is 0.891. The molecule has 0 aliphatic carbocycles. The molecule has 1 aliphatic heterocycles. The highest BCUT2D eigenvalue weighted by Crippen LogP contribution is 2.24. The molecule has 0 spiro atoms. The Morgan fingerprint density at radius 1 is 1.23 bits per heavy atom. The van der Waals surface area contributed by atoms with Gasteiger partial charge in [-0.05, 0) is 32.6 Å². The lowest BCUT2D eigenvalue weighted by atomic mass is 9.97. The van der Waals surface area contributed by atoms with Crippen LogP contribution in [0.1, 0.15) is 48.2 Å². The average molecular weight is 353 g/mol. The Hall–Kier alpha value is -2.76. The normalized spacial score (nSPS) is 17.1. The van der Waals surface area contributed by atoms with E-state index in [9.17, 15) is 9.59 Å². The van der Waals surface area contributed by atoms with Crippen LogP contribution in [0.2, 0.25) is 0 Å². The summed E-state index contributed by atoms with van der Waals surface area (Å²) in [6, 6.07) is 9.62. The molecule has 1 atom stereocenters. The molecule has 6 nitrogen and oxygen atoms in total. The number of hydrogen-bond acceptors (Lipinski definition) is 4. The topological polar surface area (TPSA) is 83.4 Å². The molecule has 1 amide bonds. The number of piperidine rings is 1. The number of carbonyl (C=O) groups is 2. The van der Waals surface area contributed by atoms with Crippen molar-refractivity contribution in [1.82, 2.24) is 14.9 Å². The first-order valence-electron chi connectivity index (χ1n) is 8.98. The zero-order chi connectivity index (χ0) is 18.5. The predicted octanol–water partition coefficient (Wildman–Crippen LogP) is 3.31. The van der Waals surface area contributed by atoms with E-state index in [1.54, 1.807) is 11.1 Å². The second-order valence-corrected chi connectivity index (χ2v) is 6.64. The smallest absolute Gasteiger partial charge is 0.303 e. The third-order valence-corrected chi connectivity index (χ3v) is 4.82. The number of aryl methyl sites for hydroxylation is 1. The molecule has 2 aromatic rings. The van der Waals surface area contributed by atoms with Crippen molar-refractivity contribution in [1.29, 1.82) is 0 Å². The van der Waals surface area contributed by atoms with Crippen molar-refractivity contribution in [3.63, 3.8) is 0 Å². The maximum Gasteiger partial charge on any atom is 0.303 e. The van der Waals surface area contributed by atoms with Crippen molar-refractivity contribution in [3.8, 4) is 11.4 Å². The predicted molar refractivity (Wildman–Crippen MR) is 97.8 cm³/mol. The summed E-state index contributed by atoms with van der Waals surface area (Å²) in [6.07, 6.45) is 4.98. The molecule has 3 rings (SSSR count). The Morgan fingerprint density at radius 3 is 2.69 bits per heavy atom. The van der Waals surface area contributed by atoms with Gasteiger partial charge in [-0.3, -0.25) is 9.59 Å². The first-order chi connectivity index (χ1) is 12.6. The molecule has 0 unspecified atom stereocenters. The van der Waals surface area contributed by atoms with E-state index < -0.39 is 5.97 Å². The summed E-state index contributed by atoms with van der Waals surface area (Å²) in [5.74, 6) is -0.326. The summed E-state index contributed by atoms with van der Waals surface area (Å²) >= 11 is 0. The number of aromatic nitrogens is 2. The van der Waals surface area contributed by atoms with Gasteiger partial charge in [0.1, 0.15) is 0 Å². The first kappa shape index (κ1) is 18.0. The maximum absolute atomic E-state index is 13.0. The minimum absolute atomic E-state index is 0.0273. The van der Waals surface area contributed by atoms with Crippen molar-refractivity contribution in [2.24, 2.45) is 0 Å². The van der Waals surface area contributed by atoms with Crippen LogP contribution in [0.25, 0.3) is 11.4 Å². The van der Waals surface area contributed by atoms with E-state index in [1.165, 1.54) is 0 Å². The van der Waals surface area contributed by atoms with Gasteiger partial charge in [-0.25, -0.2) is 9.97 Å². The van der Waals surface area contributed by atoms with Gasteiger partial charge in [0.2, 0.25) is 0 Å². The standard InChI is InChI=1S/C20H23N3O3/c1-14-17(13-21-19(22-14)15-7-3-2-4-8-15)20(26)23-12-6-5-9-16(23)10-11-18(24)25/h2-4,7-8,13,16H,5-6,9-12H2,1H3,(H,24,25)/t16-/m1/s1. The number of rotatable bonds is 5. The van der Waals surface area contributed by atoms with Crippen LogP contribution in [0, 0.1) is 6.92 Å². The number of carboxylic acids is 1. The largest absolute Gasteiger partial charge is 0.481 e. The second-order valence-electron chi connectivity index (χ2n) is 6.64. The highest BCUT2D eigenvalue weighted by atomic mass is 16.4. The van der Waals surface area contributed by atoms with E-state index >= 15 is 0 Å². The molecule has 6 heteroatoms. The maximum atomic E-state index is 13.0. The van der Waals surface area contributed by atoms with Gasteiger partial charge in [0.05, 0.1) is 11.3 Å². The first-order valence-corrected chi connectivity index (χ1v) is 8.98. The van der Waals surface area contributed by atoms with Crippen LogP contribution in [-0.2, 0) is 4.79 Å². The SMILES string of the molecule is Cc1nc(-c2ccccc2)ncc1C(=O)N1CCCC[C@@H]1CCC(=O)O. The summed E-state index contributed by atoms with van der Waals surface area (Å²) < 4.78 is 0. The van der Waals surface area contributed by atoms with Gasteiger partial charge in [0.15, 0.2) is 5.82 Å². The highest BCUT2D eigenvalue weighted by Gasteiger charge is 2.29. The highest BCUT2D eigenvalue weighted by molar-refractivity contribution is 5.95. The Morgan fingerprint density at radius 2 is 2.00 bits per heavy atom. The van der Waals surface area contributed by atoms with Crippen molar-refractivity contribution in [2.75, 3.05) is 6.54 Å². The Bertz CT molecular complexity index is 792. The fourth-order valence-electron chi connectivity index (χ4n) is 3.42. The molecule has 1 saturated heterocycles. The summed E-state index contributed by atoms with van der Waals surface area (Å²) in [4.78, 5) is 34.6. The fourth-order valence-corrected chi connectivity index (χ4v) is 3.42. The lowest BCUT2D eigenvalue weighted by Crippen LogP contribution is -2.44. The minimum Gasteiger partial charge on any atom is -0.481 e. The number of nitrogens with zero attached hydrogens (tertiary/aromatic N) is 3. The number of carboxylic acid groups (broad SMARTS) is 1. The number of amides is 1. The van der Waals surface area contributed by atoms with Crippen LogP contribution in [0.3, 0.4) is 0 Å². The van der Waals surface area contributed by atoms with E-state index in [2.05, 4.69) is 9.97 Å². The van der Waals surface area contributed by atoms with Crippen molar-refractivity contribution in [3.05, 3.63) is 47.8 Å². The zero-order valence-electron chi connectivity index (χ0n) is 14.9. The Balaban J connectivity index is 1.80. The van der Waals surface area contributed by atoms with E-state index in [0.717, 1.165) is 24.8 Å². The van der Waals surface area contributed by atoms with Gasteiger partial charge in [0, 0.05) is 30.8 Å². The van der Waals surface area contributed by atoms with Gasteiger partial charge in [0.25, 0.3) is 5.91 Å². The number of likely N-dealkylation sites (tertiary alicyclic amines) is 1. The average Bonchev–Trinajstić information content (AvgIpc) is 2.66. The molecule has 2 heterocycles. The van der Waals surface area contributed by atoms with Crippen molar-refractivity contribution >= 4 is 11.9 Å². The second kappa shape index (κ2) is 8.08. The molecule has 0 bridgehead atoms. The van der Waals surface area contributed by atoms with Crippen LogP contribution < -0.4 is 0 Å². The Labute approximate surface area is 152 Å². The number of benzene rings is 1. The lowest BCUT2D eigenvalue weighted by molar-refractivity contribution is -0.137. The molecule has 26 heavy (non-hydrogen) atoms. The molecule has 1 N–H and O–H groups in total. The van der Waals surface area contributed by atoms with Crippen LogP contribution in [0.15, 0.2) is 36.5 Å². The number of hydrogen-bond donors (Lipinski definition) is 1. The fraction of sp³-hybridized carbons (Fsp3) is 0.400. The van der Waals surface area contributed by atoms with Crippen LogP contribution in [0.4, 0.5) is 0 Å². The van der Waals surface area contributed by atoms with Gasteiger partial charge in [-0.2, -0.15) is 0 Å². The monoisotopic (exact) mass is 353 g/mol. The molecular formula is C20H23N3O3. The molecule has 0 radical (unpaired) electrons. The van der Waals surface area contributed by atoms with Crippen molar-refractivity contribution < 1.29 is 14.7 Å². The third kappa shape index (κ3) is 4.07. The van der Waals surface area contributed by atoms with Crippen LogP contribution >= 0.6 is 0 Å². The number of carbonyl (C=O) groups excluding carboxylic acids is 1. The summed E-state index contributed by atoms with van der Waals surface area (Å²) in [5, 5.41) is 8.95. The molecule has 136 valence electrons. The van der Waals surface area contributed by atoms with Crippen molar-refractivity contribution in [2.45, 2.75) is 45.1 Å². The summed E-state index contributed by atoms with van der Waals surface area (Å²) in [7, 11) is 0.